The Balaban J connectivity index is 1.54. The average molecular weight is 253 g/mol. The van der Waals surface area contributed by atoms with Gasteiger partial charge in [-0.3, -0.25) is 0 Å². The zero-order chi connectivity index (χ0) is 12.8. The van der Waals surface area contributed by atoms with Gasteiger partial charge in [-0.25, -0.2) is 4.68 Å². The monoisotopic (exact) mass is 253 g/mol. The van der Waals surface area contributed by atoms with E-state index in [0.29, 0.717) is 5.92 Å². The summed E-state index contributed by atoms with van der Waals surface area (Å²) in [6, 6.07) is 10.4. The van der Waals surface area contributed by atoms with Gasteiger partial charge in [0.05, 0.1) is 11.9 Å². The number of hydrogen-bond acceptors (Lipinski definition) is 2. The van der Waals surface area contributed by atoms with Crippen LogP contribution in [0.15, 0.2) is 42.7 Å². The van der Waals surface area contributed by atoms with Crippen LogP contribution in [0.5, 0.6) is 0 Å². The molecule has 3 atom stereocenters. The molecule has 2 fully saturated rings. The summed E-state index contributed by atoms with van der Waals surface area (Å²) in [7, 11) is 0. The van der Waals surface area contributed by atoms with Crippen molar-refractivity contribution in [3.05, 3.63) is 48.3 Å². The van der Waals surface area contributed by atoms with Gasteiger partial charge in [-0.1, -0.05) is 18.2 Å². The van der Waals surface area contributed by atoms with Crippen LogP contribution in [-0.2, 0) is 0 Å². The summed E-state index contributed by atoms with van der Waals surface area (Å²) < 4.78 is 1.92. The minimum atomic E-state index is 0.158. The highest BCUT2D eigenvalue weighted by Crippen LogP contribution is 2.56. The fourth-order valence-electron chi connectivity index (χ4n) is 3.56. The van der Waals surface area contributed by atoms with E-state index in [9.17, 15) is 0 Å². The summed E-state index contributed by atoms with van der Waals surface area (Å²) in [6.07, 6.45) is 8.11. The lowest BCUT2D eigenvalue weighted by atomic mass is 9.91. The van der Waals surface area contributed by atoms with E-state index in [2.05, 4.69) is 23.4 Å². The number of rotatable bonds is 3. The third kappa shape index (κ3) is 1.98. The van der Waals surface area contributed by atoms with Crippen LogP contribution in [0.1, 0.15) is 30.9 Å². The average Bonchev–Trinajstić information content (AvgIpc) is 2.91. The first kappa shape index (κ1) is 11.2. The Kier molecular flexibility index (Phi) is 2.49. The third-order valence-corrected chi connectivity index (χ3v) is 4.80. The molecular formula is C16H19N3. The molecule has 3 unspecified atom stereocenters. The first-order valence-electron chi connectivity index (χ1n) is 7.17. The van der Waals surface area contributed by atoms with Crippen LogP contribution in [0.3, 0.4) is 0 Å². The van der Waals surface area contributed by atoms with Gasteiger partial charge >= 0.3 is 0 Å². The van der Waals surface area contributed by atoms with E-state index in [4.69, 9.17) is 5.73 Å². The summed E-state index contributed by atoms with van der Waals surface area (Å²) in [4.78, 5) is 0. The van der Waals surface area contributed by atoms with Crippen molar-refractivity contribution < 1.29 is 0 Å². The van der Waals surface area contributed by atoms with E-state index in [0.717, 1.165) is 17.5 Å². The Morgan fingerprint density at radius 2 is 1.84 bits per heavy atom. The van der Waals surface area contributed by atoms with Crippen LogP contribution in [0, 0.1) is 17.8 Å². The molecule has 2 aliphatic carbocycles. The standard InChI is InChI=1S/C16H19N3/c17-16(13-7-11-6-12(11)8-13)14-9-18-19(10-14)15-4-2-1-3-5-15/h1-5,9-13,16H,6-8,17H2. The Morgan fingerprint density at radius 1 is 1.11 bits per heavy atom. The minimum Gasteiger partial charge on any atom is -0.324 e. The fourth-order valence-corrected chi connectivity index (χ4v) is 3.56. The lowest BCUT2D eigenvalue weighted by Gasteiger charge is -2.19. The number of nitrogens with zero attached hydrogens (tertiary/aromatic N) is 2. The van der Waals surface area contributed by atoms with Crippen LogP contribution in [0.4, 0.5) is 0 Å². The second-order valence-electron chi connectivity index (χ2n) is 6.07. The molecule has 3 heteroatoms. The van der Waals surface area contributed by atoms with E-state index in [1.807, 2.05) is 29.1 Å². The molecule has 0 aliphatic heterocycles. The highest BCUT2D eigenvalue weighted by molar-refractivity contribution is 5.31. The molecule has 1 aromatic carbocycles. The van der Waals surface area contributed by atoms with Gasteiger partial charge in [-0.2, -0.15) is 5.10 Å². The second kappa shape index (κ2) is 4.20. The van der Waals surface area contributed by atoms with Crippen molar-refractivity contribution >= 4 is 0 Å². The van der Waals surface area contributed by atoms with Gasteiger partial charge in [0.25, 0.3) is 0 Å². The molecule has 2 aromatic rings. The quantitative estimate of drug-likeness (QED) is 0.914. The maximum absolute atomic E-state index is 6.42. The van der Waals surface area contributed by atoms with E-state index in [-0.39, 0.29) is 6.04 Å². The topological polar surface area (TPSA) is 43.8 Å². The summed E-state index contributed by atoms with van der Waals surface area (Å²) >= 11 is 0. The predicted molar refractivity (Wildman–Crippen MR) is 74.8 cm³/mol. The molecule has 98 valence electrons. The zero-order valence-electron chi connectivity index (χ0n) is 10.9. The van der Waals surface area contributed by atoms with Gasteiger partial charge < -0.3 is 5.73 Å². The minimum absolute atomic E-state index is 0.158. The molecule has 2 aliphatic rings. The fraction of sp³-hybridized carbons (Fsp3) is 0.438. The van der Waals surface area contributed by atoms with E-state index in [1.54, 1.807) is 0 Å². The van der Waals surface area contributed by atoms with Gasteiger partial charge in [0.1, 0.15) is 0 Å². The van der Waals surface area contributed by atoms with E-state index in [1.165, 1.54) is 24.8 Å². The van der Waals surface area contributed by atoms with Gasteiger partial charge in [-0.05, 0) is 49.1 Å². The number of fused-ring (bicyclic) bond motifs is 1. The van der Waals surface area contributed by atoms with Crippen molar-refractivity contribution in [3.8, 4) is 5.69 Å². The van der Waals surface area contributed by atoms with E-state index >= 15 is 0 Å². The van der Waals surface area contributed by atoms with Gasteiger partial charge in [0.15, 0.2) is 0 Å². The molecule has 0 amide bonds. The molecule has 3 nitrogen and oxygen atoms in total. The molecule has 0 radical (unpaired) electrons. The number of aromatic nitrogens is 2. The molecule has 4 rings (SSSR count). The maximum Gasteiger partial charge on any atom is 0.0645 e. The SMILES string of the molecule is NC(c1cnn(-c2ccccc2)c1)C1CC2CC2C1. The second-order valence-corrected chi connectivity index (χ2v) is 6.07. The first-order valence-corrected chi connectivity index (χ1v) is 7.17. The summed E-state index contributed by atoms with van der Waals surface area (Å²) in [5, 5.41) is 4.45. The van der Waals surface area contributed by atoms with Gasteiger partial charge in [0.2, 0.25) is 0 Å². The Labute approximate surface area is 113 Å². The number of hydrogen-bond donors (Lipinski definition) is 1. The first-order chi connectivity index (χ1) is 9.31. The van der Waals surface area contributed by atoms with Crippen LogP contribution >= 0.6 is 0 Å². The molecule has 1 heterocycles. The molecule has 0 spiro atoms. The molecular weight excluding hydrogens is 234 g/mol. The third-order valence-electron chi connectivity index (χ3n) is 4.80. The number of nitrogens with two attached hydrogens (primary N) is 1. The van der Waals surface area contributed by atoms with Crippen LogP contribution in [0.25, 0.3) is 5.69 Å². The Bertz CT molecular complexity index is 565. The molecule has 0 saturated heterocycles. The summed E-state index contributed by atoms with van der Waals surface area (Å²) in [5.74, 6) is 2.64. The molecule has 2 N–H and O–H groups in total. The molecule has 1 aromatic heterocycles. The lowest BCUT2D eigenvalue weighted by molar-refractivity contribution is 0.404. The van der Waals surface area contributed by atoms with Crippen molar-refractivity contribution in [2.24, 2.45) is 23.5 Å². The van der Waals surface area contributed by atoms with Gasteiger partial charge in [-0.15, -0.1) is 0 Å². The highest BCUT2D eigenvalue weighted by atomic mass is 15.3. The highest BCUT2D eigenvalue weighted by Gasteiger charge is 2.47. The van der Waals surface area contributed by atoms with E-state index < -0.39 is 0 Å². The van der Waals surface area contributed by atoms with Crippen molar-refractivity contribution in [3.63, 3.8) is 0 Å². The van der Waals surface area contributed by atoms with Crippen molar-refractivity contribution in [1.82, 2.24) is 9.78 Å². The predicted octanol–water partition coefficient (Wildman–Crippen LogP) is 2.92. The Morgan fingerprint density at radius 3 is 2.58 bits per heavy atom. The molecule has 2 saturated carbocycles. The largest absolute Gasteiger partial charge is 0.324 e. The van der Waals surface area contributed by atoms with Crippen molar-refractivity contribution in [1.29, 1.82) is 0 Å². The van der Waals surface area contributed by atoms with Crippen molar-refractivity contribution in [2.75, 3.05) is 0 Å². The summed E-state index contributed by atoms with van der Waals surface area (Å²) in [5.41, 5.74) is 8.69. The normalized spacial score (nSPS) is 30.1. The van der Waals surface area contributed by atoms with Crippen LogP contribution in [-0.4, -0.2) is 9.78 Å². The maximum atomic E-state index is 6.42. The molecule has 0 bridgehead atoms. The Hall–Kier alpha value is -1.61. The van der Waals surface area contributed by atoms with Crippen LogP contribution in [0.2, 0.25) is 0 Å². The lowest BCUT2D eigenvalue weighted by Crippen LogP contribution is -2.19. The zero-order valence-corrected chi connectivity index (χ0v) is 10.9. The number of benzene rings is 1. The number of para-hydroxylation sites is 1. The smallest absolute Gasteiger partial charge is 0.0645 e. The van der Waals surface area contributed by atoms with Gasteiger partial charge in [0, 0.05) is 17.8 Å². The summed E-state index contributed by atoms with van der Waals surface area (Å²) in [6.45, 7) is 0. The van der Waals surface area contributed by atoms with Crippen LogP contribution < -0.4 is 5.73 Å². The molecule has 19 heavy (non-hydrogen) atoms. The van der Waals surface area contributed by atoms with Crippen molar-refractivity contribution in [2.45, 2.75) is 25.3 Å².